The molecule has 1 aliphatic rings. The molecule has 1 unspecified atom stereocenters. The van der Waals surface area contributed by atoms with Crippen molar-refractivity contribution in [1.29, 1.82) is 0 Å². The van der Waals surface area contributed by atoms with Crippen LogP contribution in [-0.2, 0) is 10.9 Å². The highest BCUT2D eigenvalue weighted by Crippen LogP contribution is 2.37. The minimum absolute atomic E-state index is 0.0470. The second-order valence-electron chi connectivity index (χ2n) is 4.80. The van der Waals surface area contributed by atoms with Gasteiger partial charge in [0.2, 0.25) is 0 Å². The van der Waals surface area contributed by atoms with Crippen LogP contribution in [0.5, 0.6) is 0 Å². The Morgan fingerprint density at radius 3 is 2.45 bits per heavy atom. The topological polar surface area (TPSA) is 47.3 Å². The summed E-state index contributed by atoms with van der Waals surface area (Å²) < 4.78 is 57.5. The molecule has 0 amide bonds. The van der Waals surface area contributed by atoms with E-state index in [1.54, 1.807) is 0 Å². The monoisotopic (exact) mass is 292 g/mol. The van der Waals surface area contributed by atoms with Crippen molar-refractivity contribution in [2.75, 3.05) is 13.2 Å². The average molecular weight is 292 g/mol. The molecule has 0 bridgehead atoms. The van der Waals surface area contributed by atoms with Gasteiger partial charge in [-0.25, -0.2) is 4.39 Å². The van der Waals surface area contributed by atoms with E-state index in [-0.39, 0.29) is 11.5 Å². The molecule has 1 fully saturated rings. The van der Waals surface area contributed by atoms with E-state index in [1.807, 2.05) is 0 Å². The molecule has 0 saturated carbocycles. The largest absolute Gasteiger partial charge is 0.419 e. The SMILES string of the molecule is NNC(c1cccc(C(F)(F)F)c1F)C1CCOCC1. The first-order valence-corrected chi connectivity index (χ1v) is 6.34. The number of hydrazine groups is 1. The highest BCUT2D eigenvalue weighted by molar-refractivity contribution is 5.30. The Kier molecular flexibility index (Phi) is 4.62. The molecule has 3 N–H and O–H groups in total. The second kappa shape index (κ2) is 6.07. The Labute approximate surface area is 114 Å². The van der Waals surface area contributed by atoms with E-state index < -0.39 is 23.6 Å². The van der Waals surface area contributed by atoms with Gasteiger partial charge in [-0.15, -0.1) is 0 Å². The summed E-state index contributed by atoms with van der Waals surface area (Å²) in [4.78, 5) is 0. The smallest absolute Gasteiger partial charge is 0.381 e. The Morgan fingerprint density at radius 2 is 1.90 bits per heavy atom. The van der Waals surface area contributed by atoms with Crippen LogP contribution >= 0.6 is 0 Å². The molecule has 1 heterocycles. The molecular formula is C13H16F4N2O. The van der Waals surface area contributed by atoms with Crippen molar-refractivity contribution >= 4 is 0 Å². The van der Waals surface area contributed by atoms with Crippen LogP contribution in [0.3, 0.4) is 0 Å². The standard InChI is InChI=1S/C13H16F4N2O/c14-11-9(2-1-3-10(11)13(15,16)17)12(19-18)8-4-6-20-7-5-8/h1-3,8,12,19H,4-7,18H2. The fourth-order valence-electron chi connectivity index (χ4n) is 2.54. The van der Waals surface area contributed by atoms with Gasteiger partial charge in [-0.05, 0) is 24.8 Å². The molecule has 20 heavy (non-hydrogen) atoms. The first kappa shape index (κ1) is 15.2. The molecule has 0 aromatic heterocycles. The van der Waals surface area contributed by atoms with Crippen molar-refractivity contribution in [3.8, 4) is 0 Å². The fraction of sp³-hybridized carbons (Fsp3) is 0.538. The first-order chi connectivity index (χ1) is 9.45. The summed E-state index contributed by atoms with van der Waals surface area (Å²) in [5, 5.41) is 0. The van der Waals surface area contributed by atoms with Crippen LogP contribution in [0.2, 0.25) is 0 Å². The third-order valence-corrected chi connectivity index (χ3v) is 3.59. The van der Waals surface area contributed by atoms with E-state index in [2.05, 4.69) is 5.43 Å². The molecule has 3 nitrogen and oxygen atoms in total. The number of nitrogens with two attached hydrogens (primary N) is 1. The zero-order chi connectivity index (χ0) is 14.8. The average Bonchev–Trinajstić information content (AvgIpc) is 2.41. The summed E-state index contributed by atoms with van der Waals surface area (Å²) in [6.07, 6.45) is -3.45. The summed E-state index contributed by atoms with van der Waals surface area (Å²) in [6.45, 7) is 1.01. The summed E-state index contributed by atoms with van der Waals surface area (Å²) >= 11 is 0. The van der Waals surface area contributed by atoms with Crippen LogP contribution in [0.1, 0.15) is 30.0 Å². The highest BCUT2D eigenvalue weighted by atomic mass is 19.4. The Bertz CT molecular complexity index is 458. The maximum atomic E-state index is 14.1. The zero-order valence-corrected chi connectivity index (χ0v) is 10.7. The lowest BCUT2D eigenvalue weighted by atomic mass is 9.86. The van der Waals surface area contributed by atoms with Crippen LogP contribution in [-0.4, -0.2) is 13.2 Å². The molecule has 112 valence electrons. The van der Waals surface area contributed by atoms with Gasteiger partial charge < -0.3 is 4.74 Å². The number of nitrogens with one attached hydrogen (secondary N) is 1. The minimum atomic E-state index is -4.71. The quantitative estimate of drug-likeness (QED) is 0.511. The van der Waals surface area contributed by atoms with E-state index in [4.69, 9.17) is 10.6 Å². The number of hydrogen-bond acceptors (Lipinski definition) is 3. The van der Waals surface area contributed by atoms with Gasteiger partial charge in [-0.1, -0.05) is 12.1 Å². The minimum Gasteiger partial charge on any atom is -0.381 e. The van der Waals surface area contributed by atoms with Crippen LogP contribution < -0.4 is 11.3 Å². The molecule has 1 aromatic carbocycles. The molecule has 0 spiro atoms. The molecule has 7 heteroatoms. The summed E-state index contributed by atoms with van der Waals surface area (Å²) in [5.74, 6) is 4.12. The number of hydrogen-bond donors (Lipinski definition) is 2. The van der Waals surface area contributed by atoms with Gasteiger partial charge in [0.25, 0.3) is 0 Å². The Hall–Kier alpha value is -1.18. The number of benzene rings is 1. The van der Waals surface area contributed by atoms with Crippen molar-refractivity contribution in [1.82, 2.24) is 5.43 Å². The molecule has 2 rings (SSSR count). The first-order valence-electron chi connectivity index (χ1n) is 6.34. The predicted molar refractivity (Wildman–Crippen MR) is 65.0 cm³/mol. The zero-order valence-electron chi connectivity index (χ0n) is 10.7. The van der Waals surface area contributed by atoms with E-state index in [0.717, 1.165) is 6.07 Å². The van der Waals surface area contributed by atoms with E-state index in [0.29, 0.717) is 26.1 Å². The maximum absolute atomic E-state index is 14.1. The van der Waals surface area contributed by atoms with E-state index in [1.165, 1.54) is 12.1 Å². The van der Waals surface area contributed by atoms with Crippen molar-refractivity contribution in [2.45, 2.75) is 25.1 Å². The lowest BCUT2D eigenvalue weighted by Crippen LogP contribution is -2.37. The van der Waals surface area contributed by atoms with Crippen LogP contribution in [0, 0.1) is 11.7 Å². The third kappa shape index (κ3) is 3.11. The normalized spacial score (nSPS) is 19.1. The van der Waals surface area contributed by atoms with Crippen molar-refractivity contribution in [2.24, 2.45) is 11.8 Å². The fourth-order valence-corrected chi connectivity index (χ4v) is 2.54. The molecule has 1 aliphatic heterocycles. The number of halogens is 4. The summed E-state index contributed by atoms with van der Waals surface area (Å²) in [5.41, 5.74) is 1.14. The maximum Gasteiger partial charge on any atom is 0.419 e. The number of rotatable bonds is 3. The molecule has 0 aliphatic carbocycles. The van der Waals surface area contributed by atoms with Gasteiger partial charge in [-0.2, -0.15) is 13.2 Å². The van der Waals surface area contributed by atoms with Crippen molar-refractivity contribution in [3.63, 3.8) is 0 Å². The predicted octanol–water partition coefficient (Wildman–Crippen LogP) is 2.78. The van der Waals surface area contributed by atoms with Crippen LogP contribution in [0.25, 0.3) is 0 Å². The van der Waals surface area contributed by atoms with Gasteiger partial charge in [0.1, 0.15) is 5.82 Å². The lowest BCUT2D eigenvalue weighted by molar-refractivity contribution is -0.140. The van der Waals surface area contributed by atoms with Crippen LogP contribution in [0.4, 0.5) is 17.6 Å². The molecule has 0 radical (unpaired) electrons. The lowest BCUT2D eigenvalue weighted by Gasteiger charge is -2.30. The number of alkyl halides is 3. The summed E-state index contributed by atoms with van der Waals surface area (Å²) in [6, 6.07) is 2.62. The van der Waals surface area contributed by atoms with Gasteiger partial charge in [0.15, 0.2) is 0 Å². The molecule has 1 saturated heterocycles. The van der Waals surface area contributed by atoms with Crippen molar-refractivity contribution < 1.29 is 22.3 Å². The molecule has 1 atom stereocenters. The third-order valence-electron chi connectivity index (χ3n) is 3.59. The van der Waals surface area contributed by atoms with Gasteiger partial charge in [-0.3, -0.25) is 11.3 Å². The molecule has 1 aromatic rings. The van der Waals surface area contributed by atoms with Gasteiger partial charge in [0, 0.05) is 18.8 Å². The van der Waals surface area contributed by atoms with Crippen LogP contribution in [0.15, 0.2) is 18.2 Å². The van der Waals surface area contributed by atoms with E-state index in [9.17, 15) is 17.6 Å². The highest BCUT2D eigenvalue weighted by Gasteiger charge is 2.36. The second-order valence-corrected chi connectivity index (χ2v) is 4.80. The van der Waals surface area contributed by atoms with Gasteiger partial charge in [0.05, 0.1) is 11.6 Å². The van der Waals surface area contributed by atoms with E-state index >= 15 is 0 Å². The number of ether oxygens (including phenoxy) is 1. The molecular weight excluding hydrogens is 276 g/mol. The van der Waals surface area contributed by atoms with Gasteiger partial charge >= 0.3 is 6.18 Å². The Morgan fingerprint density at radius 1 is 1.25 bits per heavy atom. The summed E-state index contributed by atoms with van der Waals surface area (Å²) in [7, 11) is 0. The van der Waals surface area contributed by atoms with Crippen molar-refractivity contribution in [3.05, 3.63) is 35.1 Å². The Balaban J connectivity index is 2.34.